The lowest BCUT2D eigenvalue weighted by Gasteiger charge is -1.72. The Labute approximate surface area is 50.4 Å². The number of alkyl halides is 1. The Morgan fingerprint density at radius 1 is 1.62 bits per heavy atom. The fourth-order valence-electron chi connectivity index (χ4n) is 0.392. The number of aryl methyl sites for hydroxylation is 1. The van der Waals surface area contributed by atoms with E-state index in [-0.39, 0.29) is 0 Å². The van der Waals surface area contributed by atoms with Crippen LogP contribution in [0.5, 0.6) is 0 Å². The Kier molecular flexibility index (Phi) is 1.53. The van der Waals surface area contributed by atoms with Crippen molar-refractivity contribution in [3.63, 3.8) is 0 Å². The summed E-state index contributed by atoms with van der Waals surface area (Å²) in [6.07, 6.45) is 0. The molecule has 1 aromatic heterocycles. The molecule has 0 N–H and O–H groups in total. The first-order chi connectivity index (χ1) is 3.83. The molecule has 0 saturated carbocycles. The van der Waals surface area contributed by atoms with Crippen molar-refractivity contribution in [2.24, 2.45) is 0 Å². The zero-order valence-electron chi connectivity index (χ0n) is 4.39. The quantitative estimate of drug-likeness (QED) is 0.575. The maximum absolute atomic E-state index is 11.6. The normalized spacial score (nSPS) is 9.75. The highest BCUT2D eigenvalue weighted by atomic mass is 32.1. The summed E-state index contributed by atoms with van der Waals surface area (Å²) < 4.78 is 11.6. The van der Waals surface area contributed by atoms with Crippen LogP contribution in [0.2, 0.25) is 0 Å². The molecule has 0 radical (unpaired) electrons. The summed E-state index contributed by atoms with van der Waals surface area (Å²) in [6, 6.07) is 0. The third-order valence-corrected chi connectivity index (χ3v) is 1.49. The maximum atomic E-state index is 11.6. The summed E-state index contributed by atoms with van der Waals surface area (Å²) in [5, 5.41) is 8.42. The number of aromatic nitrogens is 2. The minimum atomic E-state index is -0.495. The van der Waals surface area contributed by atoms with Crippen LogP contribution in [0.15, 0.2) is 0 Å². The van der Waals surface area contributed by atoms with Crippen molar-refractivity contribution < 1.29 is 4.39 Å². The second-order valence-corrected chi connectivity index (χ2v) is 2.61. The van der Waals surface area contributed by atoms with Gasteiger partial charge in [0.05, 0.1) is 0 Å². The van der Waals surface area contributed by atoms with Gasteiger partial charge in [0.15, 0.2) is 0 Å². The Morgan fingerprint density at radius 2 is 2.38 bits per heavy atom. The van der Waals surface area contributed by atoms with E-state index in [0.29, 0.717) is 5.01 Å². The minimum Gasteiger partial charge on any atom is -0.243 e. The van der Waals surface area contributed by atoms with Gasteiger partial charge >= 0.3 is 0 Å². The molecule has 0 spiro atoms. The van der Waals surface area contributed by atoms with Gasteiger partial charge in [0, 0.05) is 0 Å². The minimum absolute atomic E-state index is 0.461. The van der Waals surface area contributed by atoms with Crippen molar-refractivity contribution in [3.8, 4) is 0 Å². The molecule has 0 unspecified atom stereocenters. The van der Waals surface area contributed by atoms with Crippen molar-refractivity contribution in [2.75, 3.05) is 0 Å². The highest BCUT2D eigenvalue weighted by Crippen LogP contribution is 2.07. The Bertz CT molecular complexity index is 174. The molecule has 0 aromatic carbocycles. The first kappa shape index (κ1) is 5.62. The molecular formula is C4H5FN2S. The third-order valence-electron chi connectivity index (χ3n) is 0.682. The predicted octanol–water partition coefficient (Wildman–Crippen LogP) is 1.32. The largest absolute Gasteiger partial charge is 0.243 e. The van der Waals surface area contributed by atoms with Gasteiger partial charge in [-0.25, -0.2) is 4.39 Å². The molecule has 0 aliphatic carbocycles. The van der Waals surface area contributed by atoms with E-state index >= 15 is 0 Å². The zero-order valence-corrected chi connectivity index (χ0v) is 5.20. The van der Waals surface area contributed by atoms with Gasteiger partial charge in [0.1, 0.15) is 16.7 Å². The summed E-state index contributed by atoms with van der Waals surface area (Å²) in [5.41, 5.74) is 0. The van der Waals surface area contributed by atoms with E-state index in [4.69, 9.17) is 0 Å². The zero-order chi connectivity index (χ0) is 5.98. The van der Waals surface area contributed by atoms with Gasteiger partial charge in [-0.05, 0) is 6.92 Å². The molecule has 0 aliphatic rings. The van der Waals surface area contributed by atoms with Gasteiger partial charge in [-0.3, -0.25) is 0 Å². The summed E-state index contributed by atoms with van der Waals surface area (Å²) in [5.74, 6) is 0. The lowest BCUT2D eigenvalue weighted by molar-refractivity contribution is 0.481. The van der Waals surface area contributed by atoms with Crippen molar-refractivity contribution in [1.29, 1.82) is 0 Å². The third kappa shape index (κ3) is 1.01. The van der Waals surface area contributed by atoms with E-state index in [1.54, 1.807) is 6.92 Å². The number of hydrogen-bond acceptors (Lipinski definition) is 3. The second-order valence-electron chi connectivity index (χ2n) is 1.35. The first-order valence-corrected chi connectivity index (χ1v) is 2.99. The number of rotatable bonds is 1. The van der Waals surface area contributed by atoms with Crippen LogP contribution in [0.4, 0.5) is 4.39 Å². The average molecular weight is 132 g/mol. The van der Waals surface area contributed by atoms with E-state index < -0.39 is 6.67 Å². The molecule has 1 aromatic rings. The lowest BCUT2D eigenvalue weighted by atomic mass is 10.8. The van der Waals surface area contributed by atoms with E-state index in [0.717, 1.165) is 5.01 Å². The monoisotopic (exact) mass is 132 g/mol. The molecular weight excluding hydrogens is 127 g/mol. The Hall–Kier alpha value is -0.510. The maximum Gasteiger partial charge on any atom is 0.148 e. The van der Waals surface area contributed by atoms with Gasteiger partial charge in [-0.2, -0.15) is 0 Å². The van der Waals surface area contributed by atoms with Gasteiger partial charge in [-0.15, -0.1) is 10.2 Å². The summed E-state index contributed by atoms with van der Waals surface area (Å²) in [6.45, 7) is 1.31. The van der Waals surface area contributed by atoms with Crippen molar-refractivity contribution in [1.82, 2.24) is 10.2 Å². The van der Waals surface area contributed by atoms with Crippen LogP contribution >= 0.6 is 11.3 Å². The molecule has 8 heavy (non-hydrogen) atoms. The second kappa shape index (κ2) is 2.17. The van der Waals surface area contributed by atoms with E-state index in [1.165, 1.54) is 11.3 Å². The first-order valence-electron chi connectivity index (χ1n) is 2.18. The van der Waals surface area contributed by atoms with Crippen LogP contribution in [0, 0.1) is 6.92 Å². The molecule has 0 bridgehead atoms. The molecule has 0 aliphatic heterocycles. The molecule has 0 amide bonds. The number of nitrogens with zero attached hydrogens (tertiary/aromatic N) is 2. The highest BCUT2D eigenvalue weighted by molar-refractivity contribution is 7.11. The summed E-state index contributed by atoms with van der Waals surface area (Å²) >= 11 is 1.29. The van der Waals surface area contributed by atoms with Gasteiger partial charge in [0.25, 0.3) is 0 Å². The van der Waals surface area contributed by atoms with Crippen LogP contribution in [-0.4, -0.2) is 10.2 Å². The van der Waals surface area contributed by atoms with Crippen LogP contribution in [-0.2, 0) is 6.67 Å². The molecule has 2 nitrogen and oxygen atoms in total. The van der Waals surface area contributed by atoms with Gasteiger partial charge in [0.2, 0.25) is 0 Å². The van der Waals surface area contributed by atoms with Gasteiger partial charge in [-0.1, -0.05) is 11.3 Å². The molecule has 44 valence electrons. The van der Waals surface area contributed by atoms with Crippen molar-refractivity contribution >= 4 is 11.3 Å². The highest BCUT2D eigenvalue weighted by Gasteiger charge is 1.95. The lowest BCUT2D eigenvalue weighted by Crippen LogP contribution is -1.73. The molecule has 0 saturated heterocycles. The summed E-state index contributed by atoms with van der Waals surface area (Å²) in [4.78, 5) is 0. The molecule has 4 heteroatoms. The van der Waals surface area contributed by atoms with Crippen LogP contribution in [0.1, 0.15) is 10.0 Å². The molecule has 0 fully saturated rings. The van der Waals surface area contributed by atoms with Crippen molar-refractivity contribution in [2.45, 2.75) is 13.6 Å². The predicted molar refractivity (Wildman–Crippen MR) is 29.5 cm³/mol. The number of halogens is 1. The van der Waals surface area contributed by atoms with Crippen LogP contribution < -0.4 is 0 Å². The Balaban J connectivity index is 2.84. The number of hydrogen-bond donors (Lipinski definition) is 0. The van der Waals surface area contributed by atoms with E-state index in [1.807, 2.05) is 0 Å². The Morgan fingerprint density at radius 3 is 2.62 bits per heavy atom. The standard InChI is InChI=1S/C4H5FN2S/c1-3-6-7-4(2-5)8-3/h2H2,1H3. The van der Waals surface area contributed by atoms with E-state index in [2.05, 4.69) is 10.2 Å². The molecule has 1 heterocycles. The average Bonchev–Trinajstić information content (AvgIpc) is 2.14. The fourth-order valence-corrected chi connectivity index (χ4v) is 0.950. The molecule has 1 rings (SSSR count). The molecule has 0 atom stereocenters. The SMILES string of the molecule is Cc1nnc(CF)s1. The fraction of sp³-hybridized carbons (Fsp3) is 0.500. The van der Waals surface area contributed by atoms with E-state index in [9.17, 15) is 4.39 Å². The van der Waals surface area contributed by atoms with Crippen LogP contribution in [0.3, 0.4) is 0 Å². The van der Waals surface area contributed by atoms with Crippen LogP contribution in [0.25, 0.3) is 0 Å². The van der Waals surface area contributed by atoms with Crippen molar-refractivity contribution in [3.05, 3.63) is 10.0 Å². The summed E-state index contributed by atoms with van der Waals surface area (Å²) in [7, 11) is 0. The topological polar surface area (TPSA) is 25.8 Å². The van der Waals surface area contributed by atoms with Gasteiger partial charge < -0.3 is 0 Å². The smallest absolute Gasteiger partial charge is 0.148 e.